The van der Waals surface area contributed by atoms with E-state index >= 15 is 0 Å². The Balaban J connectivity index is 1.62. The lowest BCUT2D eigenvalue weighted by Gasteiger charge is -2.08. The molecule has 3 aromatic rings. The Morgan fingerprint density at radius 3 is 2.42 bits per heavy atom. The van der Waals surface area contributed by atoms with E-state index in [1.807, 2.05) is 18.2 Å². The molecule has 8 heteroatoms. The van der Waals surface area contributed by atoms with E-state index in [9.17, 15) is 9.18 Å². The van der Waals surface area contributed by atoms with Gasteiger partial charge in [-0.15, -0.1) is 0 Å². The molecule has 0 saturated heterocycles. The Hall–Kier alpha value is -3.42. The minimum atomic E-state index is -1.64. The summed E-state index contributed by atoms with van der Waals surface area (Å²) < 4.78 is 18.7. The third-order valence-electron chi connectivity index (χ3n) is 3.67. The third kappa shape index (κ3) is 4.15. The van der Waals surface area contributed by atoms with Crippen molar-refractivity contribution >= 4 is 23.4 Å². The topological polar surface area (TPSA) is 107 Å². The van der Waals surface area contributed by atoms with Gasteiger partial charge in [0.2, 0.25) is 5.88 Å². The van der Waals surface area contributed by atoms with Gasteiger partial charge in [-0.25, -0.2) is 14.2 Å². The number of alkyl halides is 1. The summed E-state index contributed by atoms with van der Waals surface area (Å²) in [4.78, 5) is 15.0. The maximum atomic E-state index is 13.8. The zero-order valence-corrected chi connectivity index (χ0v) is 14.3. The van der Waals surface area contributed by atoms with E-state index in [0.29, 0.717) is 11.5 Å². The summed E-state index contributed by atoms with van der Waals surface area (Å²) in [5.74, 6) is 0.646. The molecule has 0 saturated carbocycles. The zero-order chi connectivity index (χ0) is 18.7. The first-order valence-electron chi connectivity index (χ1n) is 7.93. The molecule has 0 fully saturated rings. The average molecular weight is 356 g/mol. The average Bonchev–Trinajstić information content (AvgIpc) is 3.05. The lowest BCUT2D eigenvalue weighted by molar-refractivity contribution is -0.359. The Kier molecular flexibility index (Phi) is 4.57. The highest BCUT2D eigenvalue weighted by atomic mass is 19.1. The van der Waals surface area contributed by atoms with Crippen molar-refractivity contribution < 1.29 is 18.7 Å². The molecule has 0 aliphatic heterocycles. The smallest absolute Gasteiger partial charge is 0.326 e. The fourth-order valence-corrected chi connectivity index (χ4v) is 2.25. The molecule has 0 aliphatic rings. The van der Waals surface area contributed by atoms with Crippen LogP contribution in [0.5, 0.6) is 0 Å². The number of H-pyrrole nitrogens is 1. The molecule has 0 radical (unpaired) electrons. The second-order valence-corrected chi connectivity index (χ2v) is 6.24. The quantitative estimate of drug-likeness (QED) is 0.664. The van der Waals surface area contributed by atoms with Gasteiger partial charge in [0.05, 0.1) is 6.20 Å². The number of amides is 2. The number of carbonyl (C=O) groups excluding carboxylic acids is 1. The number of rotatable bonds is 4. The summed E-state index contributed by atoms with van der Waals surface area (Å²) in [6, 6.07) is 11.8. The lowest BCUT2D eigenvalue weighted by atomic mass is 10.1. The van der Waals surface area contributed by atoms with Gasteiger partial charge in [0.15, 0.2) is 5.67 Å². The predicted octanol–water partition coefficient (Wildman–Crippen LogP) is 3.59. The van der Waals surface area contributed by atoms with E-state index in [-0.39, 0.29) is 11.6 Å². The number of anilines is 3. The summed E-state index contributed by atoms with van der Waals surface area (Å²) in [5, 5.41) is 8.73. The number of nitrogens with zero attached hydrogens (tertiary/aromatic N) is 1. The van der Waals surface area contributed by atoms with Crippen molar-refractivity contribution in [3.05, 3.63) is 54.4 Å². The van der Waals surface area contributed by atoms with Gasteiger partial charge in [-0.1, -0.05) is 17.3 Å². The minimum Gasteiger partial charge on any atom is -0.338 e. The van der Waals surface area contributed by atoms with Crippen molar-refractivity contribution in [2.45, 2.75) is 19.5 Å². The molecule has 2 amide bonds. The Morgan fingerprint density at radius 2 is 1.85 bits per heavy atom. The van der Waals surface area contributed by atoms with Crippen LogP contribution in [-0.2, 0) is 5.67 Å². The molecular weight excluding hydrogens is 337 g/mol. The number of aromatic nitrogens is 2. The Labute approximate surface area is 149 Å². The van der Waals surface area contributed by atoms with Crippen molar-refractivity contribution in [1.82, 2.24) is 5.16 Å². The van der Waals surface area contributed by atoms with Crippen LogP contribution in [0.15, 0.2) is 53.2 Å². The minimum absolute atomic E-state index is 0.0669. The molecule has 1 aromatic carbocycles. The number of halogens is 1. The molecule has 26 heavy (non-hydrogen) atoms. The maximum Gasteiger partial charge on any atom is 0.326 e. The second kappa shape index (κ2) is 6.83. The first-order chi connectivity index (χ1) is 12.3. The van der Waals surface area contributed by atoms with Gasteiger partial charge in [-0.05, 0) is 37.6 Å². The molecule has 0 unspecified atom stereocenters. The van der Waals surface area contributed by atoms with Crippen molar-refractivity contribution in [3.63, 3.8) is 0 Å². The monoisotopic (exact) mass is 356 g/mol. The summed E-state index contributed by atoms with van der Waals surface area (Å²) >= 11 is 0. The Morgan fingerprint density at radius 1 is 1.15 bits per heavy atom. The van der Waals surface area contributed by atoms with Gasteiger partial charge in [-0.2, -0.15) is 0 Å². The number of nitrogen functional groups attached to an aromatic ring is 1. The number of pyridine rings is 1. The number of nitrogens with two attached hydrogens (primary N) is 1. The van der Waals surface area contributed by atoms with Crippen LogP contribution in [0, 0.1) is 0 Å². The Bertz CT molecular complexity index is 899. The molecule has 0 aliphatic carbocycles. The van der Waals surface area contributed by atoms with Crippen LogP contribution in [0.3, 0.4) is 0 Å². The van der Waals surface area contributed by atoms with Crippen LogP contribution in [0.1, 0.15) is 19.5 Å². The van der Waals surface area contributed by atoms with Gasteiger partial charge in [0, 0.05) is 23.4 Å². The number of nitrogens with one attached hydrogen (secondary N) is 3. The molecular formula is C18H19FN5O2+. The molecule has 5 N–H and O–H groups in total. The van der Waals surface area contributed by atoms with Crippen molar-refractivity contribution in [2.24, 2.45) is 0 Å². The number of carbonyl (C=O) groups is 1. The summed E-state index contributed by atoms with van der Waals surface area (Å²) in [7, 11) is 0. The van der Waals surface area contributed by atoms with Crippen LogP contribution >= 0.6 is 0 Å². The highest BCUT2D eigenvalue weighted by Crippen LogP contribution is 2.26. The first-order valence-corrected chi connectivity index (χ1v) is 7.93. The van der Waals surface area contributed by atoms with Crippen molar-refractivity contribution in [1.29, 1.82) is 0 Å². The fourth-order valence-electron chi connectivity index (χ4n) is 2.25. The summed E-state index contributed by atoms with van der Waals surface area (Å²) in [5.41, 5.74) is 6.63. The largest absolute Gasteiger partial charge is 0.338 e. The van der Waals surface area contributed by atoms with E-state index in [1.165, 1.54) is 19.9 Å². The molecule has 0 atom stereocenters. The molecule has 3 rings (SSSR count). The van der Waals surface area contributed by atoms with Gasteiger partial charge in [0.25, 0.3) is 5.82 Å². The van der Waals surface area contributed by atoms with Gasteiger partial charge < -0.3 is 9.84 Å². The fraction of sp³-hybridized carbons (Fsp3) is 0.167. The summed E-state index contributed by atoms with van der Waals surface area (Å²) in [6.45, 7) is 2.71. The molecule has 0 bridgehead atoms. The van der Waals surface area contributed by atoms with E-state index in [0.717, 1.165) is 11.1 Å². The van der Waals surface area contributed by atoms with Gasteiger partial charge >= 0.3 is 6.03 Å². The normalized spacial score (nSPS) is 11.2. The van der Waals surface area contributed by atoms with Crippen molar-refractivity contribution in [3.8, 4) is 11.1 Å². The highest BCUT2D eigenvalue weighted by Gasteiger charge is 2.24. The SMILES string of the molecule is CC(C)(F)c1cc(NC(=O)Nc2ccc(-c3ccc(N)[nH+]c3)cc2)on1. The number of urea groups is 1. The van der Waals surface area contributed by atoms with E-state index in [4.69, 9.17) is 10.3 Å². The van der Waals surface area contributed by atoms with E-state index < -0.39 is 11.7 Å². The predicted molar refractivity (Wildman–Crippen MR) is 96.1 cm³/mol. The molecule has 2 heterocycles. The molecule has 2 aromatic heterocycles. The van der Waals surface area contributed by atoms with Gasteiger partial charge in [-0.3, -0.25) is 11.1 Å². The number of benzene rings is 1. The molecule has 7 nitrogen and oxygen atoms in total. The number of hydrogen-bond acceptors (Lipinski definition) is 4. The molecule has 134 valence electrons. The zero-order valence-electron chi connectivity index (χ0n) is 14.3. The summed E-state index contributed by atoms with van der Waals surface area (Å²) in [6.07, 6.45) is 1.80. The number of aromatic amines is 1. The first kappa shape index (κ1) is 17.4. The van der Waals surface area contributed by atoms with Crippen LogP contribution < -0.4 is 21.4 Å². The van der Waals surface area contributed by atoms with Crippen LogP contribution in [0.4, 0.5) is 26.6 Å². The standard InChI is InChI=1S/C18H18FN5O2/c1-18(2,19)14-9-16(26-24-14)23-17(25)22-13-6-3-11(4-7-13)12-5-8-15(20)21-10-12/h3-10H,1-2H3,(H2,20,21)(H2,22,23,25)/p+1. The second-order valence-electron chi connectivity index (χ2n) is 6.24. The third-order valence-corrected chi connectivity index (χ3v) is 3.67. The van der Waals surface area contributed by atoms with Crippen molar-refractivity contribution in [2.75, 3.05) is 16.4 Å². The molecule has 0 spiro atoms. The number of hydrogen-bond donors (Lipinski definition) is 3. The van der Waals surface area contributed by atoms with Crippen LogP contribution in [0.2, 0.25) is 0 Å². The lowest BCUT2D eigenvalue weighted by Crippen LogP contribution is -2.19. The van der Waals surface area contributed by atoms with Crippen LogP contribution in [-0.4, -0.2) is 11.2 Å². The highest BCUT2D eigenvalue weighted by molar-refractivity contribution is 5.99. The van der Waals surface area contributed by atoms with E-state index in [2.05, 4.69) is 20.8 Å². The van der Waals surface area contributed by atoms with Gasteiger partial charge in [0.1, 0.15) is 5.69 Å². The van der Waals surface area contributed by atoms with E-state index in [1.54, 1.807) is 24.4 Å². The van der Waals surface area contributed by atoms with Crippen LogP contribution in [0.25, 0.3) is 11.1 Å². The maximum absolute atomic E-state index is 13.8.